The molecule has 0 aromatic rings. The van der Waals surface area contributed by atoms with Gasteiger partial charge in [0.15, 0.2) is 0 Å². The molecule has 0 aromatic heterocycles. The highest BCUT2D eigenvalue weighted by Crippen LogP contribution is 1.91. The molecule has 0 aliphatic carbocycles. The van der Waals surface area contributed by atoms with Gasteiger partial charge in [0, 0.05) is 0 Å². The maximum atomic E-state index is 10.7. The second kappa shape index (κ2) is 4.94. The van der Waals surface area contributed by atoms with E-state index in [1.807, 2.05) is 0 Å². The van der Waals surface area contributed by atoms with Gasteiger partial charge in [0.05, 0.1) is 5.75 Å². The van der Waals surface area contributed by atoms with E-state index >= 15 is 0 Å². The lowest BCUT2D eigenvalue weighted by Crippen LogP contribution is -2.08. The van der Waals surface area contributed by atoms with Crippen LogP contribution < -0.4 is 0 Å². The van der Waals surface area contributed by atoms with Crippen LogP contribution in [0.4, 0.5) is 0 Å². The lowest BCUT2D eigenvalue weighted by Gasteiger charge is -1.96. The molecule has 3 nitrogen and oxygen atoms in total. The molecule has 0 radical (unpaired) electrons. The van der Waals surface area contributed by atoms with Crippen LogP contribution >= 0.6 is 0 Å². The van der Waals surface area contributed by atoms with Gasteiger partial charge in [-0.1, -0.05) is 12.0 Å². The van der Waals surface area contributed by atoms with Crippen LogP contribution in [0.3, 0.4) is 0 Å². The predicted molar refractivity (Wildman–Crippen MR) is 43.4 cm³/mol. The van der Waals surface area contributed by atoms with E-state index in [-0.39, 0.29) is 12.4 Å². The number of rotatable bonds is 4. The summed E-state index contributed by atoms with van der Waals surface area (Å²) >= 11 is 0. The summed E-state index contributed by atoms with van der Waals surface area (Å²) in [4.78, 5) is 0. The van der Waals surface area contributed by atoms with Crippen molar-refractivity contribution in [3.8, 4) is 11.8 Å². The van der Waals surface area contributed by atoms with Gasteiger partial charge >= 0.3 is 0 Å². The van der Waals surface area contributed by atoms with Crippen LogP contribution in [-0.2, 0) is 14.3 Å². The highest BCUT2D eigenvalue weighted by Gasteiger charge is 2.05. The van der Waals surface area contributed by atoms with E-state index in [9.17, 15) is 8.42 Å². The third kappa shape index (κ3) is 5.64. The van der Waals surface area contributed by atoms with E-state index in [1.54, 1.807) is 6.92 Å². The molecular weight excluding hydrogens is 164 g/mol. The highest BCUT2D eigenvalue weighted by molar-refractivity contribution is 7.86. The quantitative estimate of drug-likeness (QED) is 0.355. The Bertz CT molecular complexity index is 266. The molecule has 0 amide bonds. The summed E-state index contributed by atoms with van der Waals surface area (Å²) in [7, 11) is -3.42. The lowest BCUT2D eigenvalue weighted by molar-refractivity contribution is 0.365. The van der Waals surface area contributed by atoms with Gasteiger partial charge in [0.1, 0.15) is 6.61 Å². The Morgan fingerprint density at radius 1 is 1.64 bits per heavy atom. The van der Waals surface area contributed by atoms with Gasteiger partial charge in [-0.25, -0.2) is 0 Å². The summed E-state index contributed by atoms with van der Waals surface area (Å²) < 4.78 is 25.9. The lowest BCUT2D eigenvalue weighted by atomic mass is 10.6. The van der Waals surface area contributed by atoms with Crippen molar-refractivity contribution >= 4 is 10.1 Å². The van der Waals surface area contributed by atoms with E-state index in [4.69, 9.17) is 0 Å². The molecule has 62 valence electrons. The maximum absolute atomic E-state index is 10.7. The summed E-state index contributed by atoms with van der Waals surface area (Å²) in [5.41, 5.74) is 0. The van der Waals surface area contributed by atoms with Gasteiger partial charge in [-0.15, -0.1) is 12.5 Å². The molecule has 0 rings (SSSR count). The van der Waals surface area contributed by atoms with Gasteiger partial charge in [-0.2, -0.15) is 8.42 Å². The molecule has 0 heterocycles. The molecule has 0 unspecified atom stereocenters. The van der Waals surface area contributed by atoms with Gasteiger partial charge < -0.3 is 0 Å². The van der Waals surface area contributed by atoms with E-state index in [0.29, 0.717) is 0 Å². The first-order valence-corrected chi connectivity index (χ1v) is 4.57. The first kappa shape index (κ1) is 10.2. The topological polar surface area (TPSA) is 43.4 Å². The largest absolute Gasteiger partial charge is 0.271 e. The molecule has 0 bridgehead atoms. The summed E-state index contributed by atoms with van der Waals surface area (Å²) in [5.74, 6) is 4.83. The molecule has 11 heavy (non-hydrogen) atoms. The highest BCUT2D eigenvalue weighted by atomic mass is 32.2. The predicted octanol–water partition coefficient (Wildman–Crippen LogP) is 0.542. The molecule has 0 saturated heterocycles. The van der Waals surface area contributed by atoms with Crippen molar-refractivity contribution in [1.29, 1.82) is 0 Å². The molecule has 0 aliphatic heterocycles. The second-order valence-corrected chi connectivity index (χ2v) is 3.39. The third-order valence-corrected chi connectivity index (χ3v) is 1.93. The maximum Gasteiger partial charge on any atom is 0.271 e. The van der Waals surface area contributed by atoms with Gasteiger partial charge in [-0.3, -0.25) is 4.18 Å². The fourth-order valence-electron chi connectivity index (χ4n) is 0.384. The molecule has 0 atom stereocenters. The Hall–Kier alpha value is -0.790. The Morgan fingerprint density at radius 2 is 2.27 bits per heavy atom. The molecule has 0 N–H and O–H groups in total. The van der Waals surface area contributed by atoms with Crippen LogP contribution in [-0.4, -0.2) is 20.8 Å². The Kier molecular flexibility index (Phi) is 4.59. The Labute approximate surface area is 67.2 Å². The van der Waals surface area contributed by atoms with E-state index in [1.165, 1.54) is 6.08 Å². The molecule has 0 aromatic carbocycles. The van der Waals surface area contributed by atoms with Crippen LogP contribution in [0.15, 0.2) is 12.7 Å². The molecule has 0 saturated carbocycles. The smallest absolute Gasteiger partial charge is 0.257 e. The minimum Gasteiger partial charge on any atom is -0.257 e. The summed E-state index contributed by atoms with van der Waals surface area (Å²) in [5, 5.41) is 0. The van der Waals surface area contributed by atoms with Crippen molar-refractivity contribution in [2.75, 3.05) is 12.4 Å². The zero-order valence-corrected chi connectivity index (χ0v) is 7.15. The fourth-order valence-corrected chi connectivity index (χ4v) is 1.01. The monoisotopic (exact) mass is 174 g/mol. The third-order valence-electron chi connectivity index (χ3n) is 0.809. The Morgan fingerprint density at radius 3 is 2.73 bits per heavy atom. The van der Waals surface area contributed by atoms with Crippen molar-refractivity contribution in [2.24, 2.45) is 0 Å². The summed E-state index contributed by atoms with van der Waals surface area (Å²) in [6.07, 6.45) is 1.27. The second-order valence-electron chi connectivity index (χ2n) is 1.70. The average molecular weight is 174 g/mol. The van der Waals surface area contributed by atoms with Crippen LogP contribution in [0, 0.1) is 11.8 Å². The van der Waals surface area contributed by atoms with Crippen molar-refractivity contribution in [3.05, 3.63) is 12.7 Å². The fraction of sp³-hybridized carbons (Fsp3) is 0.429. The zero-order valence-electron chi connectivity index (χ0n) is 6.33. The molecule has 4 heteroatoms. The van der Waals surface area contributed by atoms with Gasteiger partial charge in [0.2, 0.25) is 0 Å². The number of hydrogen-bond donors (Lipinski definition) is 0. The van der Waals surface area contributed by atoms with E-state index in [2.05, 4.69) is 22.6 Å². The first-order valence-electron chi connectivity index (χ1n) is 3.00. The van der Waals surface area contributed by atoms with Crippen LogP contribution in [0.5, 0.6) is 0 Å². The molecule has 0 spiro atoms. The summed E-state index contributed by atoms with van der Waals surface area (Å²) in [6, 6.07) is 0. The molecule has 0 fully saturated rings. The van der Waals surface area contributed by atoms with Gasteiger partial charge in [0.25, 0.3) is 10.1 Å². The standard InChI is InChI=1S/C7H10O3S/c1-3-5-6-10-11(8,9)7-4-2/h4H,2,6-7H2,1H3. The van der Waals surface area contributed by atoms with Crippen molar-refractivity contribution in [1.82, 2.24) is 0 Å². The molecular formula is C7H10O3S. The Balaban J connectivity index is 3.90. The van der Waals surface area contributed by atoms with Crippen molar-refractivity contribution in [3.63, 3.8) is 0 Å². The van der Waals surface area contributed by atoms with Crippen molar-refractivity contribution < 1.29 is 12.6 Å². The average Bonchev–Trinajstić information content (AvgIpc) is 1.87. The van der Waals surface area contributed by atoms with E-state index < -0.39 is 10.1 Å². The van der Waals surface area contributed by atoms with Gasteiger partial charge in [-0.05, 0) is 6.92 Å². The normalized spacial score (nSPS) is 9.91. The minimum absolute atomic E-state index is 0.0767. The van der Waals surface area contributed by atoms with E-state index in [0.717, 1.165) is 0 Å². The summed E-state index contributed by atoms with van der Waals surface area (Å²) in [6.45, 7) is 4.82. The zero-order chi connectivity index (χ0) is 8.74. The first-order chi connectivity index (χ1) is 5.12. The van der Waals surface area contributed by atoms with Crippen LogP contribution in [0.25, 0.3) is 0 Å². The van der Waals surface area contributed by atoms with Crippen LogP contribution in [0.2, 0.25) is 0 Å². The minimum atomic E-state index is -3.42. The van der Waals surface area contributed by atoms with Crippen molar-refractivity contribution in [2.45, 2.75) is 6.92 Å². The SMILES string of the molecule is C=CCS(=O)(=O)OCC#CC. The molecule has 0 aliphatic rings. The van der Waals surface area contributed by atoms with Crippen LogP contribution in [0.1, 0.15) is 6.92 Å². The number of hydrogen-bond acceptors (Lipinski definition) is 3.